The summed E-state index contributed by atoms with van der Waals surface area (Å²) in [5.41, 5.74) is 0.374. The smallest absolute Gasteiger partial charge is 0.232 e. The van der Waals surface area contributed by atoms with Gasteiger partial charge in [0.05, 0.1) is 16.3 Å². The molecule has 4 rings (SSSR count). The molecule has 0 heterocycles. The molecule has 0 unspecified atom stereocenters. The molecule has 3 aliphatic carbocycles. The van der Waals surface area contributed by atoms with Crippen LogP contribution in [0.1, 0.15) is 26.7 Å². The van der Waals surface area contributed by atoms with Gasteiger partial charge in [0, 0.05) is 15.9 Å². The lowest BCUT2D eigenvalue weighted by atomic mass is 9.43. The van der Waals surface area contributed by atoms with E-state index >= 15 is 0 Å². The zero-order chi connectivity index (χ0) is 17.0. The number of ether oxygens (including phenoxy) is 1. The molecule has 0 spiro atoms. The lowest BCUT2D eigenvalue weighted by molar-refractivity contribution is -0.155. The Morgan fingerprint density at radius 2 is 1.87 bits per heavy atom. The number of fused-ring (bicyclic) bond motifs is 1. The van der Waals surface area contributed by atoms with Crippen molar-refractivity contribution in [1.82, 2.24) is 0 Å². The van der Waals surface area contributed by atoms with Crippen molar-refractivity contribution in [2.45, 2.75) is 35.3 Å². The first-order valence-corrected chi connectivity index (χ1v) is 10.4. The van der Waals surface area contributed by atoms with E-state index in [1.807, 2.05) is 24.3 Å². The van der Waals surface area contributed by atoms with E-state index in [4.69, 9.17) is 4.74 Å². The third-order valence-corrected chi connectivity index (χ3v) is 9.47. The molecule has 0 aromatic heterocycles. The first-order valence-electron chi connectivity index (χ1n) is 7.62. The van der Waals surface area contributed by atoms with Crippen LogP contribution >= 0.6 is 47.8 Å². The average molecular weight is 510 g/mol. The average Bonchev–Trinajstić information content (AvgIpc) is 2.98. The van der Waals surface area contributed by atoms with E-state index in [1.165, 1.54) is 0 Å². The molecule has 0 aliphatic heterocycles. The Morgan fingerprint density at radius 3 is 2.30 bits per heavy atom. The summed E-state index contributed by atoms with van der Waals surface area (Å²) in [4.78, 5) is 13.3. The van der Waals surface area contributed by atoms with Crippen LogP contribution < -0.4 is 10.1 Å². The quantitative estimate of drug-likeness (QED) is 0.558. The van der Waals surface area contributed by atoms with Gasteiger partial charge in [0.2, 0.25) is 5.91 Å². The SMILES string of the molecule is COc1ccc(NC(=O)[C@]23CC[C@](C(Br)Br)([C@H]2Br)C3(C)C)cc1. The van der Waals surface area contributed by atoms with E-state index in [2.05, 4.69) is 67.0 Å². The monoisotopic (exact) mass is 507 g/mol. The molecule has 3 nitrogen and oxygen atoms in total. The van der Waals surface area contributed by atoms with Crippen LogP contribution in [0.5, 0.6) is 5.75 Å². The van der Waals surface area contributed by atoms with Crippen LogP contribution in [0.3, 0.4) is 0 Å². The molecule has 3 aliphatic rings. The molecule has 2 bridgehead atoms. The number of hydrogen-bond acceptors (Lipinski definition) is 2. The predicted molar refractivity (Wildman–Crippen MR) is 104 cm³/mol. The molecule has 0 radical (unpaired) electrons. The second kappa shape index (κ2) is 5.73. The number of carbonyl (C=O) groups is 1. The number of hydrogen-bond donors (Lipinski definition) is 1. The van der Waals surface area contributed by atoms with Crippen LogP contribution in [0.25, 0.3) is 0 Å². The van der Waals surface area contributed by atoms with Crippen LogP contribution in [0.15, 0.2) is 24.3 Å². The van der Waals surface area contributed by atoms with Gasteiger partial charge in [0.25, 0.3) is 0 Å². The Morgan fingerprint density at radius 1 is 1.26 bits per heavy atom. The van der Waals surface area contributed by atoms with Gasteiger partial charge in [-0.1, -0.05) is 61.6 Å². The lowest BCUT2D eigenvalue weighted by Crippen LogP contribution is -2.71. The minimum atomic E-state index is -0.382. The van der Waals surface area contributed by atoms with Crippen LogP contribution in [-0.4, -0.2) is 21.6 Å². The van der Waals surface area contributed by atoms with E-state index in [0.717, 1.165) is 24.3 Å². The molecule has 1 aromatic rings. The molecule has 1 N–H and O–H groups in total. The summed E-state index contributed by atoms with van der Waals surface area (Å²) in [5, 5.41) is 3.10. The minimum absolute atomic E-state index is 0.0459. The fourth-order valence-electron chi connectivity index (χ4n) is 4.62. The number of halogens is 3. The summed E-state index contributed by atoms with van der Waals surface area (Å²) in [6.07, 6.45) is 1.92. The van der Waals surface area contributed by atoms with Crippen LogP contribution in [0, 0.1) is 16.2 Å². The van der Waals surface area contributed by atoms with Crippen molar-refractivity contribution < 1.29 is 9.53 Å². The number of carbonyl (C=O) groups excluding carboxylic acids is 1. The second-order valence-electron chi connectivity index (χ2n) is 6.98. The van der Waals surface area contributed by atoms with Gasteiger partial charge in [0.1, 0.15) is 5.75 Å². The summed E-state index contributed by atoms with van der Waals surface area (Å²) in [5.74, 6) is 0.883. The highest BCUT2D eigenvalue weighted by molar-refractivity contribution is 9.24. The van der Waals surface area contributed by atoms with Gasteiger partial charge in [-0.05, 0) is 42.5 Å². The van der Waals surface area contributed by atoms with Crippen molar-refractivity contribution in [3.05, 3.63) is 24.3 Å². The maximum absolute atomic E-state index is 13.1. The lowest BCUT2D eigenvalue weighted by Gasteiger charge is -2.66. The number of alkyl halides is 3. The van der Waals surface area contributed by atoms with Gasteiger partial charge < -0.3 is 10.1 Å². The molecule has 3 atom stereocenters. The highest BCUT2D eigenvalue weighted by atomic mass is 79.9. The minimum Gasteiger partial charge on any atom is -0.497 e. The van der Waals surface area contributed by atoms with Crippen molar-refractivity contribution in [1.29, 1.82) is 0 Å². The third kappa shape index (κ3) is 2.07. The summed E-state index contributed by atoms with van der Waals surface area (Å²) in [6, 6.07) is 7.47. The molecule has 1 aromatic carbocycles. The van der Waals surface area contributed by atoms with Gasteiger partial charge in [-0.2, -0.15) is 0 Å². The maximum Gasteiger partial charge on any atom is 0.232 e. The molecule has 3 fully saturated rings. The third-order valence-electron chi connectivity index (χ3n) is 6.24. The normalized spacial score (nSPS) is 34.1. The van der Waals surface area contributed by atoms with Crippen LogP contribution in [0.2, 0.25) is 0 Å². The molecule has 0 saturated heterocycles. The fourth-order valence-corrected chi connectivity index (χ4v) is 9.53. The van der Waals surface area contributed by atoms with Crippen LogP contribution in [0.4, 0.5) is 5.69 Å². The zero-order valence-corrected chi connectivity index (χ0v) is 18.1. The first kappa shape index (κ1) is 17.7. The number of anilines is 1. The number of rotatable bonds is 4. The number of methoxy groups -OCH3 is 1. The Bertz CT molecular complexity index is 631. The summed E-state index contributed by atoms with van der Waals surface area (Å²) in [7, 11) is 1.63. The summed E-state index contributed by atoms with van der Waals surface area (Å²) >= 11 is 11.3. The van der Waals surface area contributed by atoms with Crippen molar-refractivity contribution in [2.24, 2.45) is 16.2 Å². The number of benzene rings is 1. The van der Waals surface area contributed by atoms with E-state index in [0.29, 0.717) is 0 Å². The summed E-state index contributed by atoms with van der Waals surface area (Å²) < 4.78 is 5.35. The predicted octanol–water partition coefficient (Wildman–Crippen LogP) is 5.32. The second-order valence-corrected chi connectivity index (χ2v) is 11.0. The van der Waals surface area contributed by atoms with E-state index in [-0.39, 0.29) is 30.7 Å². The number of nitrogens with one attached hydrogen (secondary N) is 1. The van der Waals surface area contributed by atoms with Crippen molar-refractivity contribution >= 4 is 59.4 Å². The van der Waals surface area contributed by atoms with Crippen molar-refractivity contribution in [3.63, 3.8) is 0 Å². The molecule has 23 heavy (non-hydrogen) atoms. The Hall–Kier alpha value is -0.0700. The van der Waals surface area contributed by atoms with Gasteiger partial charge in [-0.15, -0.1) is 0 Å². The number of amides is 1. The van der Waals surface area contributed by atoms with E-state index in [1.54, 1.807) is 7.11 Å². The molecule has 6 heteroatoms. The highest BCUT2D eigenvalue weighted by Gasteiger charge is 2.83. The molecular weight excluding hydrogens is 490 g/mol. The molecule has 1 amide bonds. The van der Waals surface area contributed by atoms with E-state index in [9.17, 15) is 4.79 Å². The maximum atomic E-state index is 13.1. The van der Waals surface area contributed by atoms with Gasteiger partial charge in [-0.25, -0.2) is 0 Å². The fraction of sp³-hybridized carbons (Fsp3) is 0.588. The Labute approximate surface area is 162 Å². The Balaban J connectivity index is 1.85. The Kier molecular flexibility index (Phi) is 4.42. The van der Waals surface area contributed by atoms with E-state index < -0.39 is 0 Å². The van der Waals surface area contributed by atoms with Gasteiger partial charge >= 0.3 is 0 Å². The topological polar surface area (TPSA) is 38.3 Å². The standard InChI is InChI=1S/C17H20Br3NO2/c1-15(2)16(13(19)20)8-9-17(15,12(16)18)14(22)21-10-4-6-11(23-3)7-5-10/h4-7,12-13H,8-9H2,1-3H3,(H,21,22)/t12-,16-,17+/m1/s1. The van der Waals surface area contributed by atoms with Gasteiger partial charge in [0.15, 0.2) is 0 Å². The molecule has 3 saturated carbocycles. The van der Waals surface area contributed by atoms with Crippen molar-refractivity contribution in [3.8, 4) is 5.75 Å². The van der Waals surface area contributed by atoms with Gasteiger partial charge in [-0.3, -0.25) is 4.79 Å². The molecular formula is C17H20Br3NO2. The van der Waals surface area contributed by atoms with Crippen LogP contribution in [-0.2, 0) is 4.79 Å². The zero-order valence-electron chi connectivity index (χ0n) is 13.3. The highest BCUT2D eigenvalue weighted by Crippen LogP contribution is 2.82. The largest absolute Gasteiger partial charge is 0.497 e. The molecule has 126 valence electrons. The first-order chi connectivity index (χ1) is 10.7. The van der Waals surface area contributed by atoms with Crippen molar-refractivity contribution in [2.75, 3.05) is 12.4 Å². The summed E-state index contributed by atoms with van der Waals surface area (Å²) in [6.45, 7) is 4.42.